The molecule has 0 bridgehead atoms. The third kappa shape index (κ3) is 3.51. The quantitative estimate of drug-likeness (QED) is 0.717. The molecule has 2 N–H and O–H groups in total. The largest absolute Gasteiger partial charge is 0.338 e. The van der Waals surface area contributed by atoms with E-state index in [9.17, 15) is 9.18 Å². The zero-order valence-electron chi connectivity index (χ0n) is 12.8. The van der Waals surface area contributed by atoms with E-state index < -0.39 is 11.9 Å². The summed E-state index contributed by atoms with van der Waals surface area (Å²) in [5.74, 6) is 0.356. The second kappa shape index (κ2) is 6.92. The lowest BCUT2D eigenvalue weighted by atomic mass is 10.1. The molecular weight excluding hydrogens is 375 g/mol. The molecule has 0 saturated carbocycles. The predicted octanol–water partition coefficient (Wildman–Crippen LogP) is 3.53. The van der Waals surface area contributed by atoms with E-state index in [0.29, 0.717) is 21.7 Å². The first kappa shape index (κ1) is 16.3. The molecule has 0 aliphatic carbocycles. The van der Waals surface area contributed by atoms with Gasteiger partial charge in [0.2, 0.25) is 0 Å². The van der Waals surface area contributed by atoms with Crippen LogP contribution in [-0.4, -0.2) is 21.1 Å². The number of nitrogens with zero attached hydrogens (tertiary/aromatic N) is 2. The summed E-state index contributed by atoms with van der Waals surface area (Å²) >= 11 is 3.22. The number of carbonyl (C=O) groups is 1. The van der Waals surface area contributed by atoms with E-state index in [0.717, 1.165) is 5.56 Å². The molecule has 24 heavy (non-hydrogen) atoms. The summed E-state index contributed by atoms with van der Waals surface area (Å²) < 4.78 is 13.6. The van der Waals surface area contributed by atoms with Crippen LogP contribution < -0.4 is 5.32 Å². The van der Waals surface area contributed by atoms with E-state index in [1.165, 1.54) is 18.2 Å². The molecule has 0 radical (unpaired) electrons. The molecule has 1 aromatic heterocycles. The highest BCUT2D eigenvalue weighted by molar-refractivity contribution is 9.10. The molecule has 1 heterocycles. The Morgan fingerprint density at radius 2 is 2.00 bits per heavy atom. The van der Waals surface area contributed by atoms with Crippen molar-refractivity contribution < 1.29 is 9.18 Å². The van der Waals surface area contributed by atoms with Crippen LogP contribution in [0.1, 0.15) is 33.6 Å². The van der Waals surface area contributed by atoms with Crippen LogP contribution in [0.3, 0.4) is 0 Å². The highest BCUT2D eigenvalue weighted by Crippen LogP contribution is 2.22. The molecule has 122 valence electrons. The first-order valence-electron chi connectivity index (χ1n) is 7.24. The SMILES string of the molecule is Cc1nc([C@@H](NC(=O)c2ccc(F)cc2Br)c2ccccc2)n[nH]1. The molecular formula is C17H14BrFN4O. The van der Waals surface area contributed by atoms with E-state index >= 15 is 0 Å². The Morgan fingerprint density at radius 1 is 1.25 bits per heavy atom. The minimum atomic E-state index is -0.513. The van der Waals surface area contributed by atoms with Gasteiger partial charge in [0.25, 0.3) is 5.91 Å². The number of halogens is 2. The van der Waals surface area contributed by atoms with Crippen molar-refractivity contribution in [2.24, 2.45) is 0 Å². The van der Waals surface area contributed by atoms with Crippen molar-refractivity contribution in [3.8, 4) is 0 Å². The van der Waals surface area contributed by atoms with E-state index in [1.54, 1.807) is 6.92 Å². The van der Waals surface area contributed by atoms with Crippen molar-refractivity contribution in [3.63, 3.8) is 0 Å². The zero-order chi connectivity index (χ0) is 17.1. The van der Waals surface area contributed by atoms with Gasteiger partial charge in [-0.3, -0.25) is 9.89 Å². The number of carbonyl (C=O) groups excluding carboxylic acids is 1. The summed E-state index contributed by atoms with van der Waals surface area (Å²) in [6, 6.07) is 12.8. The Morgan fingerprint density at radius 3 is 2.62 bits per heavy atom. The highest BCUT2D eigenvalue weighted by Gasteiger charge is 2.22. The van der Waals surface area contributed by atoms with Crippen LogP contribution in [0.4, 0.5) is 4.39 Å². The van der Waals surface area contributed by atoms with Crippen molar-refractivity contribution in [2.75, 3.05) is 0 Å². The molecule has 0 aliphatic rings. The molecule has 0 aliphatic heterocycles. The average molecular weight is 389 g/mol. The summed E-state index contributed by atoms with van der Waals surface area (Å²) in [5.41, 5.74) is 1.19. The fourth-order valence-electron chi connectivity index (χ4n) is 2.31. The summed E-state index contributed by atoms with van der Waals surface area (Å²) in [6.07, 6.45) is 0. The maximum absolute atomic E-state index is 13.2. The van der Waals surface area contributed by atoms with Crippen LogP contribution in [0.5, 0.6) is 0 Å². The van der Waals surface area contributed by atoms with Gasteiger partial charge in [-0.15, -0.1) is 0 Å². The Labute approximate surface area is 146 Å². The van der Waals surface area contributed by atoms with Gasteiger partial charge in [-0.05, 0) is 46.6 Å². The molecule has 5 nitrogen and oxygen atoms in total. The van der Waals surface area contributed by atoms with Crippen molar-refractivity contribution in [1.29, 1.82) is 0 Å². The van der Waals surface area contributed by atoms with Gasteiger partial charge in [0.15, 0.2) is 5.82 Å². The second-order valence-electron chi connectivity index (χ2n) is 5.22. The normalized spacial score (nSPS) is 12.0. The Balaban J connectivity index is 1.93. The summed E-state index contributed by atoms with van der Waals surface area (Å²) in [6.45, 7) is 1.79. The van der Waals surface area contributed by atoms with Crippen molar-refractivity contribution in [2.45, 2.75) is 13.0 Å². The number of amides is 1. The molecule has 1 atom stereocenters. The van der Waals surface area contributed by atoms with Gasteiger partial charge in [0.1, 0.15) is 17.7 Å². The van der Waals surface area contributed by atoms with Gasteiger partial charge in [-0.1, -0.05) is 30.3 Å². The monoisotopic (exact) mass is 388 g/mol. The van der Waals surface area contributed by atoms with Gasteiger partial charge in [0, 0.05) is 4.47 Å². The number of aromatic nitrogens is 3. The maximum atomic E-state index is 13.2. The molecule has 1 amide bonds. The summed E-state index contributed by atoms with van der Waals surface area (Å²) in [4.78, 5) is 16.9. The van der Waals surface area contributed by atoms with Gasteiger partial charge >= 0.3 is 0 Å². The fraction of sp³-hybridized carbons (Fsp3) is 0.118. The van der Waals surface area contributed by atoms with Crippen LogP contribution in [-0.2, 0) is 0 Å². The van der Waals surface area contributed by atoms with E-state index in [1.807, 2.05) is 30.3 Å². The van der Waals surface area contributed by atoms with Crippen molar-refractivity contribution in [3.05, 3.63) is 81.6 Å². The average Bonchev–Trinajstić information content (AvgIpc) is 2.99. The van der Waals surface area contributed by atoms with Crippen LogP contribution in [0, 0.1) is 12.7 Å². The first-order chi connectivity index (χ1) is 11.5. The fourth-order valence-corrected chi connectivity index (χ4v) is 2.84. The molecule has 3 aromatic rings. The summed E-state index contributed by atoms with van der Waals surface area (Å²) in [5, 5.41) is 9.84. The Kier molecular flexibility index (Phi) is 4.71. The van der Waals surface area contributed by atoms with Crippen LogP contribution in [0.15, 0.2) is 53.0 Å². The highest BCUT2D eigenvalue weighted by atomic mass is 79.9. The third-order valence-corrected chi connectivity index (χ3v) is 4.11. The Bertz CT molecular complexity index is 866. The van der Waals surface area contributed by atoms with Gasteiger partial charge in [-0.25, -0.2) is 9.37 Å². The lowest BCUT2D eigenvalue weighted by molar-refractivity contribution is 0.0940. The summed E-state index contributed by atoms with van der Waals surface area (Å²) in [7, 11) is 0. The number of nitrogens with one attached hydrogen (secondary N) is 2. The molecule has 7 heteroatoms. The first-order valence-corrected chi connectivity index (χ1v) is 8.03. The molecule has 0 fully saturated rings. The number of aryl methyl sites for hydroxylation is 1. The maximum Gasteiger partial charge on any atom is 0.253 e. The van der Waals surface area contributed by atoms with Gasteiger partial charge in [-0.2, -0.15) is 5.10 Å². The number of rotatable bonds is 4. The molecule has 0 spiro atoms. The smallest absolute Gasteiger partial charge is 0.253 e. The molecule has 2 aromatic carbocycles. The number of hydrogen-bond acceptors (Lipinski definition) is 3. The molecule has 0 unspecified atom stereocenters. The third-order valence-electron chi connectivity index (χ3n) is 3.46. The van der Waals surface area contributed by atoms with E-state index in [2.05, 4.69) is 36.4 Å². The van der Waals surface area contributed by atoms with E-state index in [-0.39, 0.29) is 5.91 Å². The van der Waals surface area contributed by atoms with Crippen LogP contribution in [0.2, 0.25) is 0 Å². The molecule has 3 rings (SSSR count). The number of H-pyrrole nitrogens is 1. The molecule has 0 saturated heterocycles. The number of hydrogen-bond donors (Lipinski definition) is 2. The minimum Gasteiger partial charge on any atom is -0.338 e. The van der Waals surface area contributed by atoms with Gasteiger partial charge in [0.05, 0.1) is 5.56 Å². The van der Waals surface area contributed by atoms with E-state index in [4.69, 9.17) is 0 Å². The van der Waals surface area contributed by atoms with Gasteiger partial charge < -0.3 is 5.32 Å². The number of aromatic amines is 1. The Hall–Kier alpha value is -2.54. The number of benzene rings is 2. The topological polar surface area (TPSA) is 70.7 Å². The van der Waals surface area contributed by atoms with Crippen molar-refractivity contribution >= 4 is 21.8 Å². The van der Waals surface area contributed by atoms with Crippen LogP contribution in [0.25, 0.3) is 0 Å². The van der Waals surface area contributed by atoms with Crippen molar-refractivity contribution in [1.82, 2.24) is 20.5 Å². The minimum absolute atomic E-state index is 0.338. The lowest BCUT2D eigenvalue weighted by Crippen LogP contribution is -2.30. The van der Waals surface area contributed by atoms with Crippen LogP contribution >= 0.6 is 15.9 Å². The zero-order valence-corrected chi connectivity index (χ0v) is 14.3. The lowest BCUT2D eigenvalue weighted by Gasteiger charge is -2.17. The standard InChI is InChI=1S/C17H14BrFN4O/c1-10-20-16(23-22-10)15(11-5-3-2-4-6-11)21-17(24)13-8-7-12(19)9-14(13)18/h2-9,15H,1H3,(H,21,24)(H,20,22,23)/t15-/m0/s1. The predicted molar refractivity (Wildman–Crippen MR) is 91.0 cm³/mol. The second-order valence-corrected chi connectivity index (χ2v) is 6.07.